The maximum absolute atomic E-state index is 12.7. The maximum Gasteiger partial charge on any atom is 0.291 e. The number of amides is 1. The molecule has 5 nitrogen and oxygen atoms in total. The topological polar surface area (TPSA) is 54.7 Å². The Bertz CT molecular complexity index is 997. The highest BCUT2D eigenvalue weighted by atomic mass is 35.5. The molecule has 0 aliphatic carbocycles. The zero-order valence-corrected chi connectivity index (χ0v) is 16.5. The summed E-state index contributed by atoms with van der Waals surface area (Å²) in [6.07, 6.45) is 0. The van der Waals surface area contributed by atoms with Crippen LogP contribution < -0.4 is 10.2 Å². The van der Waals surface area contributed by atoms with Gasteiger partial charge in [0.25, 0.3) is 5.91 Å². The fraction of sp³-hybridized carbons (Fsp3) is 0.190. The molecule has 28 heavy (non-hydrogen) atoms. The van der Waals surface area contributed by atoms with Gasteiger partial charge in [-0.2, -0.15) is 0 Å². The molecule has 144 valence electrons. The first-order valence-electron chi connectivity index (χ1n) is 8.90. The second-order valence-corrected chi connectivity index (χ2v) is 7.20. The second kappa shape index (κ2) is 8.27. The minimum atomic E-state index is -0.322. The molecule has 1 amide bonds. The average Bonchev–Trinajstić information content (AvgIpc) is 3.19. The van der Waals surface area contributed by atoms with Crippen molar-refractivity contribution in [1.29, 1.82) is 0 Å². The van der Waals surface area contributed by atoms with E-state index < -0.39 is 0 Å². The van der Waals surface area contributed by atoms with Crippen molar-refractivity contribution < 1.29 is 13.9 Å². The van der Waals surface area contributed by atoms with E-state index in [1.807, 2.05) is 24.3 Å². The highest BCUT2D eigenvalue weighted by molar-refractivity contribution is 6.36. The van der Waals surface area contributed by atoms with Crippen molar-refractivity contribution in [3.8, 4) is 11.3 Å². The maximum atomic E-state index is 12.7. The molecular weight excluding hydrogens is 399 g/mol. The Balaban J connectivity index is 1.54. The van der Waals surface area contributed by atoms with Crippen molar-refractivity contribution in [2.45, 2.75) is 0 Å². The second-order valence-electron chi connectivity index (χ2n) is 6.36. The van der Waals surface area contributed by atoms with Gasteiger partial charge in [-0.1, -0.05) is 35.3 Å². The number of anilines is 2. The lowest BCUT2D eigenvalue weighted by molar-refractivity contribution is 0.0997. The molecule has 1 N–H and O–H groups in total. The molecule has 1 saturated heterocycles. The van der Waals surface area contributed by atoms with Crippen LogP contribution in [0.3, 0.4) is 0 Å². The third-order valence-electron chi connectivity index (χ3n) is 4.53. The highest BCUT2D eigenvalue weighted by Gasteiger charge is 2.18. The molecule has 1 fully saturated rings. The molecule has 0 spiro atoms. The number of ether oxygens (including phenoxy) is 1. The highest BCUT2D eigenvalue weighted by Crippen LogP contribution is 2.32. The summed E-state index contributed by atoms with van der Waals surface area (Å²) in [5, 5.41) is 3.95. The predicted molar refractivity (Wildman–Crippen MR) is 112 cm³/mol. The monoisotopic (exact) mass is 416 g/mol. The SMILES string of the molecule is O=C(Nc1ccccc1N1CCOCC1)c1ccc(-c2ccc(Cl)cc2Cl)o1. The van der Waals surface area contributed by atoms with Crippen molar-refractivity contribution >= 4 is 40.5 Å². The van der Waals surface area contributed by atoms with Gasteiger partial charge in [0.15, 0.2) is 5.76 Å². The number of benzene rings is 2. The molecule has 1 aromatic heterocycles. The smallest absolute Gasteiger partial charge is 0.291 e. The fourth-order valence-electron chi connectivity index (χ4n) is 3.14. The van der Waals surface area contributed by atoms with Crippen LogP contribution in [0.15, 0.2) is 59.0 Å². The zero-order chi connectivity index (χ0) is 19.5. The number of morpholine rings is 1. The number of carbonyl (C=O) groups is 1. The molecule has 0 atom stereocenters. The van der Waals surface area contributed by atoms with Gasteiger partial charge in [0.05, 0.1) is 29.6 Å². The van der Waals surface area contributed by atoms with Gasteiger partial charge < -0.3 is 19.4 Å². The van der Waals surface area contributed by atoms with E-state index in [0.717, 1.165) is 24.5 Å². The van der Waals surface area contributed by atoms with Gasteiger partial charge in [-0.15, -0.1) is 0 Å². The first-order valence-corrected chi connectivity index (χ1v) is 9.66. The third-order valence-corrected chi connectivity index (χ3v) is 5.08. The molecule has 0 radical (unpaired) electrons. The summed E-state index contributed by atoms with van der Waals surface area (Å²) in [5.74, 6) is 0.392. The molecule has 1 aliphatic heterocycles. The van der Waals surface area contributed by atoms with Crippen LogP contribution in [0, 0.1) is 0 Å². The first kappa shape index (κ1) is 18.9. The van der Waals surface area contributed by atoms with E-state index in [1.165, 1.54) is 0 Å². The van der Waals surface area contributed by atoms with Crippen LogP contribution in [-0.2, 0) is 4.74 Å². The average molecular weight is 417 g/mol. The largest absolute Gasteiger partial charge is 0.451 e. The predicted octanol–water partition coefficient (Wildman–Crippen LogP) is 5.34. The Morgan fingerprint density at radius 2 is 1.79 bits per heavy atom. The Morgan fingerprint density at radius 1 is 1.00 bits per heavy atom. The van der Waals surface area contributed by atoms with E-state index in [1.54, 1.807) is 30.3 Å². The number of hydrogen-bond donors (Lipinski definition) is 1. The van der Waals surface area contributed by atoms with Crippen LogP contribution in [0.2, 0.25) is 10.0 Å². The number of para-hydroxylation sites is 2. The van der Waals surface area contributed by atoms with Crippen molar-refractivity contribution in [2.24, 2.45) is 0 Å². The van der Waals surface area contributed by atoms with E-state index in [-0.39, 0.29) is 11.7 Å². The van der Waals surface area contributed by atoms with Gasteiger partial charge in [-0.05, 0) is 42.5 Å². The summed E-state index contributed by atoms with van der Waals surface area (Å²) in [6, 6.07) is 16.2. The minimum Gasteiger partial charge on any atom is -0.451 e. The normalized spacial score (nSPS) is 14.1. The molecule has 2 aromatic carbocycles. The van der Waals surface area contributed by atoms with Crippen LogP contribution in [0.4, 0.5) is 11.4 Å². The van der Waals surface area contributed by atoms with E-state index >= 15 is 0 Å². The standard InChI is InChI=1S/C21H18Cl2N2O3/c22-14-5-6-15(16(23)13-14)19-7-8-20(28-19)21(26)24-17-3-1-2-4-18(17)25-9-11-27-12-10-25/h1-8,13H,9-12H2,(H,24,26). The molecule has 1 aliphatic rings. The van der Waals surface area contributed by atoms with Crippen LogP contribution in [0.25, 0.3) is 11.3 Å². The van der Waals surface area contributed by atoms with Gasteiger partial charge in [-0.3, -0.25) is 4.79 Å². The summed E-state index contributed by atoms with van der Waals surface area (Å²) in [5.41, 5.74) is 2.38. The van der Waals surface area contributed by atoms with Crippen molar-refractivity contribution in [3.05, 3.63) is 70.4 Å². The molecule has 7 heteroatoms. The number of hydrogen-bond acceptors (Lipinski definition) is 4. The molecule has 4 rings (SSSR count). The van der Waals surface area contributed by atoms with Gasteiger partial charge in [-0.25, -0.2) is 0 Å². The first-order chi connectivity index (χ1) is 13.6. The number of halogens is 2. The van der Waals surface area contributed by atoms with E-state index in [9.17, 15) is 4.79 Å². The Morgan fingerprint density at radius 3 is 2.57 bits per heavy atom. The zero-order valence-electron chi connectivity index (χ0n) is 15.0. The summed E-state index contributed by atoms with van der Waals surface area (Å²) >= 11 is 12.2. The number of furan rings is 1. The lowest BCUT2D eigenvalue weighted by Gasteiger charge is -2.30. The molecule has 2 heterocycles. The number of rotatable bonds is 4. The van der Waals surface area contributed by atoms with E-state index in [2.05, 4.69) is 10.2 Å². The van der Waals surface area contributed by atoms with Crippen LogP contribution in [0.5, 0.6) is 0 Å². The van der Waals surface area contributed by atoms with E-state index in [0.29, 0.717) is 34.6 Å². The fourth-order valence-corrected chi connectivity index (χ4v) is 3.64. The Kier molecular flexibility index (Phi) is 5.57. The number of nitrogens with one attached hydrogen (secondary N) is 1. The third kappa shape index (κ3) is 4.02. The van der Waals surface area contributed by atoms with Gasteiger partial charge in [0.1, 0.15) is 5.76 Å². The molecule has 0 bridgehead atoms. The lowest BCUT2D eigenvalue weighted by atomic mass is 10.2. The Labute approximate surface area is 172 Å². The van der Waals surface area contributed by atoms with Crippen LogP contribution in [-0.4, -0.2) is 32.2 Å². The molecular formula is C21H18Cl2N2O3. The molecule has 0 saturated carbocycles. The lowest BCUT2D eigenvalue weighted by Crippen LogP contribution is -2.36. The summed E-state index contributed by atoms with van der Waals surface area (Å²) in [4.78, 5) is 14.9. The molecule has 0 unspecified atom stereocenters. The number of nitrogens with zero attached hydrogens (tertiary/aromatic N) is 1. The summed E-state index contributed by atoms with van der Waals surface area (Å²) in [7, 11) is 0. The van der Waals surface area contributed by atoms with Gasteiger partial charge in [0.2, 0.25) is 0 Å². The minimum absolute atomic E-state index is 0.206. The Hall–Kier alpha value is -2.47. The van der Waals surface area contributed by atoms with Crippen molar-refractivity contribution in [3.63, 3.8) is 0 Å². The van der Waals surface area contributed by atoms with Crippen LogP contribution in [0.1, 0.15) is 10.6 Å². The van der Waals surface area contributed by atoms with Gasteiger partial charge in [0, 0.05) is 23.7 Å². The summed E-state index contributed by atoms with van der Waals surface area (Å²) in [6.45, 7) is 2.91. The number of carbonyl (C=O) groups excluding carboxylic acids is 1. The van der Waals surface area contributed by atoms with E-state index in [4.69, 9.17) is 32.4 Å². The van der Waals surface area contributed by atoms with Gasteiger partial charge >= 0.3 is 0 Å². The quantitative estimate of drug-likeness (QED) is 0.623. The van der Waals surface area contributed by atoms with Crippen LogP contribution >= 0.6 is 23.2 Å². The van der Waals surface area contributed by atoms with Crippen molar-refractivity contribution in [1.82, 2.24) is 0 Å². The molecule has 3 aromatic rings. The van der Waals surface area contributed by atoms with Crippen molar-refractivity contribution in [2.75, 3.05) is 36.5 Å². The summed E-state index contributed by atoms with van der Waals surface area (Å²) < 4.78 is 11.1.